The van der Waals surface area contributed by atoms with Crippen molar-refractivity contribution >= 4 is 11.8 Å². The Balaban J connectivity index is 1.49. The zero-order chi connectivity index (χ0) is 17.8. The molecule has 2 fully saturated rings. The minimum absolute atomic E-state index is 0.272. The maximum atomic E-state index is 5.77. The van der Waals surface area contributed by atoms with Crippen molar-refractivity contribution in [1.82, 2.24) is 15.0 Å². The molecule has 2 atom stereocenters. The number of aromatic nitrogens is 3. The van der Waals surface area contributed by atoms with Gasteiger partial charge in [0.05, 0.1) is 19.3 Å². The van der Waals surface area contributed by atoms with Gasteiger partial charge in [0.2, 0.25) is 5.95 Å². The molecule has 0 aromatic carbocycles. The normalized spacial score (nSPS) is 22.7. The molecule has 0 amide bonds. The van der Waals surface area contributed by atoms with Gasteiger partial charge in [-0.25, -0.2) is 4.98 Å². The minimum atomic E-state index is 0.272. The average molecular weight is 353 g/mol. The van der Waals surface area contributed by atoms with Crippen molar-refractivity contribution in [3.05, 3.63) is 41.9 Å². The van der Waals surface area contributed by atoms with Gasteiger partial charge in [-0.05, 0) is 43.4 Å². The highest BCUT2D eigenvalue weighted by molar-refractivity contribution is 5.45. The number of nitrogens with one attached hydrogen (secondary N) is 1. The van der Waals surface area contributed by atoms with Crippen LogP contribution in [0.2, 0.25) is 0 Å². The largest absolute Gasteiger partial charge is 0.379 e. The molecular formula is C20H27N5O. The standard InChI is InChI=1S/C20H27N5O/c1-2-17-12-19(24-20(22-17)25-9-3-4-10-25)23-18-14-26-13-16(18)11-15-5-7-21-8-6-15/h5-8,12,16,18H,2-4,9-11,13-14H2,1H3,(H,22,23,24)/t16-,18+/m1/s1. The molecule has 2 aliphatic heterocycles. The molecule has 0 saturated carbocycles. The summed E-state index contributed by atoms with van der Waals surface area (Å²) in [4.78, 5) is 15.9. The van der Waals surface area contributed by atoms with E-state index in [1.54, 1.807) is 0 Å². The summed E-state index contributed by atoms with van der Waals surface area (Å²) in [6, 6.07) is 6.53. The fourth-order valence-corrected chi connectivity index (χ4v) is 3.77. The minimum Gasteiger partial charge on any atom is -0.379 e. The van der Waals surface area contributed by atoms with Gasteiger partial charge in [-0.15, -0.1) is 0 Å². The SMILES string of the molecule is CCc1cc(N[C@H]2COC[C@H]2Cc2ccncc2)nc(N2CCCC2)n1. The zero-order valence-corrected chi connectivity index (χ0v) is 15.4. The van der Waals surface area contributed by atoms with Gasteiger partial charge in [0, 0.05) is 43.2 Å². The van der Waals surface area contributed by atoms with Crippen LogP contribution in [-0.4, -0.2) is 47.3 Å². The van der Waals surface area contributed by atoms with Crippen LogP contribution in [0.25, 0.3) is 0 Å². The average Bonchev–Trinajstić information content (AvgIpc) is 3.35. The van der Waals surface area contributed by atoms with Crippen molar-refractivity contribution in [3.8, 4) is 0 Å². The van der Waals surface area contributed by atoms with Crippen LogP contribution in [0, 0.1) is 5.92 Å². The number of ether oxygens (including phenoxy) is 1. The Labute approximate surface area is 155 Å². The van der Waals surface area contributed by atoms with Crippen LogP contribution in [0.1, 0.15) is 31.0 Å². The van der Waals surface area contributed by atoms with Gasteiger partial charge in [0.25, 0.3) is 0 Å². The van der Waals surface area contributed by atoms with Crippen LogP contribution < -0.4 is 10.2 Å². The first-order valence-corrected chi connectivity index (χ1v) is 9.68. The molecule has 0 radical (unpaired) electrons. The summed E-state index contributed by atoms with van der Waals surface area (Å²) in [6.07, 6.45) is 8.08. The predicted octanol–water partition coefficient (Wildman–Crippen LogP) is 2.70. The molecule has 2 aromatic heterocycles. The number of hydrogen-bond acceptors (Lipinski definition) is 6. The van der Waals surface area contributed by atoms with Gasteiger partial charge in [0.1, 0.15) is 5.82 Å². The fraction of sp³-hybridized carbons (Fsp3) is 0.550. The second-order valence-corrected chi connectivity index (χ2v) is 7.20. The molecule has 2 saturated heterocycles. The Hall–Kier alpha value is -2.21. The van der Waals surface area contributed by atoms with Gasteiger partial charge in [-0.3, -0.25) is 4.98 Å². The molecule has 0 unspecified atom stereocenters. The zero-order valence-electron chi connectivity index (χ0n) is 15.4. The van der Waals surface area contributed by atoms with Crippen molar-refractivity contribution in [1.29, 1.82) is 0 Å². The third kappa shape index (κ3) is 3.96. The van der Waals surface area contributed by atoms with Crippen molar-refractivity contribution < 1.29 is 4.74 Å². The summed E-state index contributed by atoms with van der Waals surface area (Å²) in [5.41, 5.74) is 2.39. The van der Waals surface area contributed by atoms with Crippen molar-refractivity contribution in [2.24, 2.45) is 5.92 Å². The Morgan fingerprint density at radius 1 is 1.15 bits per heavy atom. The summed E-state index contributed by atoms with van der Waals surface area (Å²) in [7, 11) is 0. The number of hydrogen-bond donors (Lipinski definition) is 1. The second kappa shape index (κ2) is 7.99. The number of pyridine rings is 1. The number of anilines is 2. The lowest BCUT2D eigenvalue weighted by Gasteiger charge is -2.22. The van der Waals surface area contributed by atoms with E-state index in [0.29, 0.717) is 5.92 Å². The van der Waals surface area contributed by atoms with E-state index in [0.717, 1.165) is 56.6 Å². The first-order valence-electron chi connectivity index (χ1n) is 9.68. The number of rotatable bonds is 6. The van der Waals surface area contributed by atoms with E-state index in [-0.39, 0.29) is 6.04 Å². The van der Waals surface area contributed by atoms with Crippen LogP contribution in [-0.2, 0) is 17.6 Å². The highest BCUT2D eigenvalue weighted by Crippen LogP contribution is 2.24. The van der Waals surface area contributed by atoms with Gasteiger partial charge in [0.15, 0.2) is 0 Å². The molecule has 2 aliphatic rings. The Morgan fingerprint density at radius 2 is 1.96 bits per heavy atom. The molecule has 6 heteroatoms. The summed E-state index contributed by atoms with van der Waals surface area (Å²) in [6.45, 7) is 5.77. The molecule has 0 bridgehead atoms. The fourth-order valence-electron chi connectivity index (χ4n) is 3.77. The summed E-state index contributed by atoms with van der Waals surface area (Å²) in [5.74, 6) is 2.23. The van der Waals surface area contributed by atoms with Crippen LogP contribution in [0.4, 0.5) is 11.8 Å². The van der Waals surface area contributed by atoms with Gasteiger partial charge in [-0.2, -0.15) is 4.98 Å². The smallest absolute Gasteiger partial charge is 0.227 e. The third-order valence-corrected chi connectivity index (χ3v) is 5.30. The summed E-state index contributed by atoms with van der Waals surface area (Å²) >= 11 is 0. The number of nitrogens with zero attached hydrogens (tertiary/aromatic N) is 4. The van der Waals surface area contributed by atoms with E-state index in [1.807, 2.05) is 12.4 Å². The van der Waals surface area contributed by atoms with Gasteiger partial charge in [-0.1, -0.05) is 6.92 Å². The van der Waals surface area contributed by atoms with Crippen LogP contribution in [0.3, 0.4) is 0 Å². The van der Waals surface area contributed by atoms with Crippen molar-refractivity contribution in [2.75, 3.05) is 36.5 Å². The van der Waals surface area contributed by atoms with E-state index in [4.69, 9.17) is 14.7 Å². The molecule has 4 heterocycles. The van der Waals surface area contributed by atoms with E-state index in [9.17, 15) is 0 Å². The van der Waals surface area contributed by atoms with E-state index in [1.165, 1.54) is 18.4 Å². The highest BCUT2D eigenvalue weighted by atomic mass is 16.5. The molecule has 1 N–H and O–H groups in total. The molecule has 138 valence electrons. The Bertz CT molecular complexity index is 717. The van der Waals surface area contributed by atoms with Gasteiger partial charge < -0.3 is 15.0 Å². The van der Waals surface area contributed by atoms with Gasteiger partial charge >= 0.3 is 0 Å². The molecule has 4 rings (SSSR count). The van der Waals surface area contributed by atoms with Crippen molar-refractivity contribution in [2.45, 2.75) is 38.6 Å². The van der Waals surface area contributed by atoms with E-state index >= 15 is 0 Å². The summed E-state index contributed by atoms with van der Waals surface area (Å²) in [5, 5.41) is 3.63. The molecule has 2 aromatic rings. The quantitative estimate of drug-likeness (QED) is 0.861. The third-order valence-electron chi connectivity index (χ3n) is 5.30. The lowest BCUT2D eigenvalue weighted by Crippen LogP contribution is -2.30. The van der Waals surface area contributed by atoms with Crippen LogP contribution in [0.5, 0.6) is 0 Å². The maximum absolute atomic E-state index is 5.77. The topological polar surface area (TPSA) is 63.2 Å². The van der Waals surface area contributed by atoms with Crippen LogP contribution >= 0.6 is 0 Å². The first-order chi connectivity index (χ1) is 12.8. The highest BCUT2D eigenvalue weighted by Gasteiger charge is 2.29. The molecular weight excluding hydrogens is 326 g/mol. The molecule has 26 heavy (non-hydrogen) atoms. The molecule has 0 spiro atoms. The lowest BCUT2D eigenvalue weighted by atomic mass is 9.95. The van der Waals surface area contributed by atoms with E-state index in [2.05, 4.69) is 40.3 Å². The maximum Gasteiger partial charge on any atom is 0.227 e. The predicted molar refractivity (Wildman–Crippen MR) is 103 cm³/mol. The van der Waals surface area contributed by atoms with E-state index < -0.39 is 0 Å². The Morgan fingerprint density at radius 3 is 2.73 bits per heavy atom. The van der Waals surface area contributed by atoms with Crippen LogP contribution in [0.15, 0.2) is 30.6 Å². The van der Waals surface area contributed by atoms with Crippen molar-refractivity contribution in [3.63, 3.8) is 0 Å². The second-order valence-electron chi connectivity index (χ2n) is 7.20. The molecule has 6 nitrogen and oxygen atoms in total. The Kier molecular flexibility index (Phi) is 5.29. The first kappa shape index (κ1) is 17.2. The monoisotopic (exact) mass is 353 g/mol. The lowest BCUT2D eigenvalue weighted by molar-refractivity contribution is 0.185. The molecule has 0 aliphatic carbocycles. The number of aryl methyl sites for hydroxylation is 1. The summed E-state index contributed by atoms with van der Waals surface area (Å²) < 4.78 is 5.77.